The number of fused-ring (bicyclic) bond motifs is 4. The van der Waals surface area contributed by atoms with Gasteiger partial charge in [0, 0.05) is 10.8 Å². The Hall–Kier alpha value is -4.70. The van der Waals surface area contributed by atoms with Crippen LogP contribution < -0.4 is 24.8 Å². The first-order valence-electron chi connectivity index (χ1n) is 18.4. The average molecular weight is 863 g/mol. The second-order valence-electron chi connectivity index (χ2n) is 13.9. The first-order valence-corrected chi connectivity index (χ1v) is 24.6. The molecule has 2 atom stereocenters. The Morgan fingerprint density at radius 3 is 1.27 bits per heavy atom. The van der Waals surface area contributed by atoms with E-state index in [9.17, 15) is 0 Å². The number of benzene rings is 4. The smallest absolute Gasteiger partial charge is 1.00 e. The van der Waals surface area contributed by atoms with Crippen molar-refractivity contribution in [2.75, 3.05) is 0 Å². The third kappa shape index (κ3) is 9.28. The Morgan fingerprint density at radius 1 is 0.500 bits per heavy atom. The van der Waals surface area contributed by atoms with Gasteiger partial charge in [-0.2, -0.15) is 0 Å². The number of para-hydroxylation sites is 2. The number of hydrogen-bond donors (Lipinski definition) is 0. The second-order valence-corrected chi connectivity index (χ2v) is 23.2. The molecule has 10 rings (SSSR count). The van der Waals surface area contributed by atoms with Crippen LogP contribution in [0.3, 0.4) is 0 Å². The normalized spacial score (nSPS) is 14.9. The van der Waals surface area contributed by atoms with Gasteiger partial charge in [-0.1, -0.05) is 145 Å². The Labute approximate surface area is 356 Å². The van der Waals surface area contributed by atoms with Crippen LogP contribution in [0.5, 0.6) is 0 Å². The molecule has 0 saturated heterocycles. The fourth-order valence-electron chi connectivity index (χ4n) is 7.23. The second kappa shape index (κ2) is 19.0. The van der Waals surface area contributed by atoms with E-state index in [1.165, 1.54) is 33.4 Å². The van der Waals surface area contributed by atoms with Crippen molar-refractivity contribution in [3.8, 4) is 22.6 Å². The molecule has 0 N–H and O–H groups in total. The molecule has 2 nitrogen and oxygen atoms in total. The summed E-state index contributed by atoms with van der Waals surface area (Å²) in [5.41, 5.74) is 12.2. The molecule has 0 radical (unpaired) electrons. The molecule has 6 aromatic carbocycles. The van der Waals surface area contributed by atoms with Gasteiger partial charge in [-0.25, -0.2) is 0 Å². The Balaban J connectivity index is 0.000000168. The third-order valence-electron chi connectivity index (χ3n) is 9.70. The summed E-state index contributed by atoms with van der Waals surface area (Å²) in [7, 11) is 0. The minimum Gasteiger partial charge on any atom is -1.00 e. The van der Waals surface area contributed by atoms with E-state index in [2.05, 4.69) is 171 Å². The van der Waals surface area contributed by atoms with Crippen LogP contribution in [0.2, 0.25) is 13.1 Å². The summed E-state index contributed by atoms with van der Waals surface area (Å²) in [6.07, 6.45) is 17.4. The molecule has 6 heteroatoms. The van der Waals surface area contributed by atoms with E-state index in [1.807, 2.05) is 36.4 Å². The first-order chi connectivity index (χ1) is 26.5. The molecule has 0 saturated carbocycles. The quantitative estimate of drug-likeness (QED) is 0.133. The van der Waals surface area contributed by atoms with E-state index in [4.69, 9.17) is 8.83 Å². The van der Waals surface area contributed by atoms with Crippen LogP contribution in [0.25, 0.3) is 56.7 Å². The van der Waals surface area contributed by atoms with Crippen molar-refractivity contribution < 1.29 is 57.0 Å². The molecule has 2 heterocycles. The van der Waals surface area contributed by atoms with Gasteiger partial charge in [0.15, 0.2) is 0 Å². The van der Waals surface area contributed by atoms with Crippen LogP contribution in [-0.4, -0.2) is 5.43 Å². The molecule has 2 unspecified atom stereocenters. The minimum atomic E-state index is 0. The maximum atomic E-state index is 6.06. The minimum absolute atomic E-state index is 0. The molecular weight excluding hydrogens is 823 g/mol. The van der Waals surface area contributed by atoms with Crippen molar-refractivity contribution in [3.05, 3.63) is 215 Å². The maximum absolute atomic E-state index is 6.06. The zero-order chi connectivity index (χ0) is 36.9. The van der Waals surface area contributed by atoms with Crippen LogP contribution >= 0.6 is 0 Å². The first kappa shape index (κ1) is 40.9. The summed E-state index contributed by atoms with van der Waals surface area (Å²) in [6, 6.07) is 50.9. The SMILES string of the molecule is C1=Cc2[cH-]c(-c3cc4ccccc4o3)cc2C(c2ccccc2)C=C1.C1=Cc2[cH-]c(-c3cc4ccccc4o3)cc2C(c2ccccc2)C=C1.C[Si](C)=[Zr+2].[Cl-].[Cl-]. The van der Waals surface area contributed by atoms with Gasteiger partial charge in [0.25, 0.3) is 0 Å². The number of hydrogen-bond acceptors (Lipinski definition) is 2. The van der Waals surface area contributed by atoms with Crippen LogP contribution in [-0.2, 0) is 23.3 Å². The predicted octanol–water partition coefficient (Wildman–Crippen LogP) is 7.86. The summed E-state index contributed by atoms with van der Waals surface area (Å²) in [5, 5.41) is 2.29. The molecule has 0 amide bonds. The van der Waals surface area contributed by atoms with Crippen molar-refractivity contribution in [1.82, 2.24) is 0 Å². The number of rotatable bonds is 4. The van der Waals surface area contributed by atoms with Crippen molar-refractivity contribution in [1.29, 1.82) is 0 Å². The zero-order valence-corrected chi connectivity index (χ0v) is 36.2. The van der Waals surface area contributed by atoms with E-state index in [0.717, 1.165) is 44.6 Å². The molecule has 2 aliphatic rings. The topological polar surface area (TPSA) is 26.3 Å². The molecule has 2 aliphatic carbocycles. The van der Waals surface area contributed by atoms with Crippen molar-refractivity contribution in [2.45, 2.75) is 24.9 Å². The van der Waals surface area contributed by atoms with Gasteiger partial charge in [-0.15, -0.1) is 58.7 Å². The van der Waals surface area contributed by atoms with E-state index in [1.54, 1.807) is 23.3 Å². The Kier molecular flexibility index (Phi) is 13.9. The molecule has 276 valence electrons. The summed E-state index contributed by atoms with van der Waals surface area (Å²) >= 11 is 1.74. The van der Waals surface area contributed by atoms with E-state index >= 15 is 0 Å². The number of furan rings is 2. The maximum Gasteiger partial charge on any atom is -1.00 e. The monoisotopic (exact) mass is 860 g/mol. The molecular formula is C50H40Cl2O2SiZr-2. The summed E-state index contributed by atoms with van der Waals surface area (Å²) in [4.78, 5) is 0. The Morgan fingerprint density at radius 2 is 0.875 bits per heavy atom. The molecule has 56 heavy (non-hydrogen) atoms. The molecule has 0 bridgehead atoms. The van der Waals surface area contributed by atoms with E-state index < -0.39 is 0 Å². The summed E-state index contributed by atoms with van der Waals surface area (Å²) < 4.78 is 12.1. The standard InChI is InChI=1S/2C24H17O.C2H6Si.2ClH.Zr/c2*1-2-8-17(9-3-1)21-12-6-4-10-18-14-20(15-22(18)21)24-16-19-11-5-7-13-23(19)25-24;1-3-2;;;/h2*1-16,21H;1-2H3;2*1H;/q2*-1;;;;+2/p-2. The van der Waals surface area contributed by atoms with Crippen molar-refractivity contribution >= 4 is 39.5 Å². The van der Waals surface area contributed by atoms with Crippen LogP contribution in [0.15, 0.2) is 191 Å². The van der Waals surface area contributed by atoms with Gasteiger partial charge in [0.2, 0.25) is 0 Å². The fourth-order valence-corrected chi connectivity index (χ4v) is 7.23. The van der Waals surface area contributed by atoms with Crippen LogP contribution in [0, 0.1) is 0 Å². The van der Waals surface area contributed by atoms with Gasteiger partial charge < -0.3 is 33.6 Å². The van der Waals surface area contributed by atoms with Crippen LogP contribution in [0.1, 0.15) is 45.2 Å². The number of allylic oxidation sites excluding steroid dienone is 6. The van der Waals surface area contributed by atoms with Gasteiger partial charge in [-0.05, 0) is 47.2 Å². The fraction of sp³-hybridized carbons (Fsp3) is 0.0800. The third-order valence-corrected chi connectivity index (χ3v) is 9.70. The van der Waals surface area contributed by atoms with Crippen molar-refractivity contribution in [2.24, 2.45) is 0 Å². The molecule has 2 aromatic heterocycles. The predicted molar refractivity (Wildman–Crippen MR) is 225 cm³/mol. The van der Waals surface area contributed by atoms with Crippen LogP contribution in [0.4, 0.5) is 0 Å². The molecule has 0 aliphatic heterocycles. The van der Waals surface area contributed by atoms with Crippen molar-refractivity contribution in [3.63, 3.8) is 0 Å². The molecule has 0 spiro atoms. The van der Waals surface area contributed by atoms with Gasteiger partial charge in [-0.3, -0.25) is 0 Å². The van der Waals surface area contributed by atoms with Gasteiger partial charge >= 0.3 is 41.9 Å². The van der Waals surface area contributed by atoms with Gasteiger partial charge in [0.05, 0.1) is 11.5 Å². The number of halogens is 2. The largest absolute Gasteiger partial charge is 1.00 e. The zero-order valence-electron chi connectivity index (χ0n) is 31.2. The van der Waals surface area contributed by atoms with E-state index in [0.29, 0.717) is 0 Å². The molecule has 0 fully saturated rings. The summed E-state index contributed by atoms with van der Waals surface area (Å²) in [6.45, 7) is 4.62. The average Bonchev–Trinajstić information content (AvgIpc) is 3.97. The molecule has 8 aromatic rings. The Bertz CT molecular complexity index is 2420. The van der Waals surface area contributed by atoms with E-state index in [-0.39, 0.29) is 42.1 Å². The summed E-state index contributed by atoms with van der Waals surface area (Å²) in [5.74, 6) is 2.39. The van der Waals surface area contributed by atoms with Gasteiger partial charge in [0.1, 0.15) is 11.2 Å².